The lowest BCUT2D eigenvalue weighted by atomic mass is 10.2. The Morgan fingerprint density at radius 3 is 3.21 bits per heavy atom. The van der Waals surface area contributed by atoms with Crippen LogP contribution in [0.4, 0.5) is 4.79 Å². The van der Waals surface area contributed by atoms with Gasteiger partial charge in [-0.2, -0.15) is 0 Å². The fourth-order valence-corrected chi connectivity index (χ4v) is 2.51. The SMILES string of the molecule is COCCNC(=O)[C@@H]1COC(=O)N1Cc1cccs1. The number of cyclic esters (lactones) is 1. The third kappa shape index (κ3) is 3.45. The number of thiophene rings is 1. The molecule has 0 saturated carbocycles. The van der Waals surface area contributed by atoms with E-state index in [0.717, 1.165) is 4.88 Å². The van der Waals surface area contributed by atoms with E-state index >= 15 is 0 Å². The summed E-state index contributed by atoms with van der Waals surface area (Å²) < 4.78 is 9.82. The van der Waals surface area contributed by atoms with Crippen molar-refractivity contribution in [2.24, 2.45) is 0 Å². The van der Waals surface area contributed by atoms with Crippen molar-refractivity contribution < 1.29 is 19.1 Å². The van der Waals surface area contributed by atoms with Gasteiger partial charge in [0.2, 0.25) is 5.91 Å². The molecule has 7 heteroatoms. The summed E-state index contributed by atoms with van der Waals surface area (Å²) >= 11 is 1.55. The molecule has 1 aliphatic rings. The number of hydrogen-bond acceptors (Lipinski definition) is 5. The Kier molecular flexibility index (Phi) is 4.75. The van der Waals surface area contributed by atoms with Gasteiger partial charge in [-0.1, -0.05) is 6.07 Å². The van der Waals surface area contributed by atoms with Gasteiger partial charge in [-0.05, 0) is 11.4 Å². The van der Waals surface area contributed by atoms with Crippen molar-refractivity contribution in [2.75, 3.05) is 26.9 Å². The lowest BCUT2D eigenvalue weighted by Gasteiger charge is -2.19. The molecule has 0 radical (unpaired) electrons. The van der Waals surface area contributed by atoms with Gasteiger partial charge in [0.05, 0.1) is 13.2 Å². The minimum atomic E-state index is -0.563. The normalized spacial score (nSPS) is 18.5. The smallest absolute Gasteiger partial charge is 0.410 e. The number of methoxy groups -OCH3 is 1. The van der Waals surface area contributed by atoms with Gasteiger partial charge in [0.25, 0.3) is 0 Å². The summed E-state index contributed by atoms with van der Waals surface area (Å²) in [6.07, 6.45) is -0.444. The molecule has 0 bridgehead atoms. The second kappa shape index (κ2) is 6.53. The van der Waals surface area contributed by atoms with E-state index in [4.69, 9.17) is 9.47 Å². The first-order valence-corrected chi connectivity index (χ1v) is 6.82. The lowest BCUT2D eigenvalue weighted by molar-refractivity contribution is -0.125. The quantitative estimate of drug-likeness (QED) is 0.786. The fraction of sp³-hybridized carbons (Fsp3) is 0.500. The van der Waals surface area contributed by atoms with E-state index in [-0.39, 0.29) is 12.5 Å². The van der Waals surface area contributed by atoms with E-state index in [0.29, 0.717) is 19.7 Å². The van der Waals surface area contributed by atoms with E-state index < -0.39 is 12.1 Å². The third-order valence-corrected chi connectivity index (χ3v) is 3.65. The van der Waals surface area contributed by atoms with Crippen molar-refractivity contribution in [2.45, 2.75) is 12.6 Å². The predicted octanol–water partition coefficient (Wildman–Crippen LogP) is 0.832. The summed E-state index contributed by atoms with van der Waals surface area (Å²) in [7, 11) is 1.57. The maximum Gasteiger partial charge on any atom is 0.410 e. The van der Waals surface area contributed by atoms with Crippen LogP contribution >= 0.6 is 11.3 Å². The van der Waals surface area contributed by atoms with E-state index in [1.807, 2.05) is 17.5 Å². The number of carbonyl (C=O) groups is 2. The molecule has 0 aromatic carbocycles. The highest BCUT2D eigenvalue weighted by Gasteiger charge is 2.37. The average molecular weight is 284 g/mol. The van der Waals surface area contributed by atoms with Crippen LogP contribution in [0.15, 0.2) is 17.5 Å². The van der Waals surface area contributed by atoms with Crippen LogP contribution in [0, 0.1) is 0 Å². The molecule has 1 N–H and O–H groups in total. The van der Waals surface area contributed by atoms with Gasteiger partial charge >= 0.3 is 6.09 Å². The molecular weight excluding hydrogens is 268 g/mol. The first kappa shape index (κ1) is 13.8. The largest absolute Gasteiger partial charge is 0.447 e. The third-order valence-electron chi connectivity index (χ3n) is 2.79. The average Bonchev–Trinajstić information content (AvgIpc) is 3.02. The molecule has 2 amide bonds. The molecule has 1 atom stereocenters. The first-order valence-electron chi connectivity index (χ1n) is 5.95. The monoisotopic (exact) mass is 284 g/mol. The molecule has 0 spiro atoms. The van der Waals surface area contributed by atoms with Gasteiger partial charge in [0.15, 0.2) is 0 Å². The van der Waals surface area contributed by atoms with Crippen molar-refractivity contribution in [3.8, 4) is 0 Å². The van der Waals surface area contributed by atoms with Crippen molar-refractivity contribution in [3.63, 3.8) is 0 Å². The summed E-state index contributed by atoms with van der Waals surface area (Å²) in [5, 5.41) is 4.66. The molecule has 0 unspecified atom stereocenters. The van der Waals surface area contributed by atoms with E-state index in [2.05, 4.69) is 5.32 Å². The summed E-state index contributed by atoms with van der Waals surface area (Å²) in [5.41, 5.74) is 0. The van der Waals surface area contributed by atoms with Gasteiger partial charge < -0.3 is 14.8 Å². The topological polar surface area (TPSA) is 67.9 Å². The first-order chi connectivity index (χ1) is 9.22. The summed E-state index contributed by atoms with van der Waals surface area (Å²) in [4.78, 5) is 26.1. The maximum absolute atomic E-state index is 12.0. The van der Waals surface area contributed by atoms with Crippen molar-refractivity contribution in [1.82, 2.24) is 10.2 Å². The summed E-state index contributed by atoms with van der Waals surface area (Å²) in [6, 6.07) is 3.28. The zero-order valence-corrected chi connectivity index (χ0v) is 11.4. The summed E-state index contributed by atoms with van der Waals surface area (Å²) in [5.74, 6) is -0.209. The number of nitrogens with zero attached hydrogens (tertiary/aromatic N) is 1. The molecular formula is C12H16N2O4S. The van der Waals surface area contributed by atoms with E-state index in [1.54, 1.807) is 18.4 Å². The Morgan fingerprint density at radius 2 is 2.53 bits per heavy atom. The van der Waals surface area contributed by atoms with Crippen LogP contribution in [0.5, 0.6) is 0 Å². The van der Waals surface area contributed by atoms with E-state index in [1.165, 1.54) is 4.90 Å². The Labute approximate surface area is 115 Å². The second-order valence-corrected chi connectivity index (χ2v) is 5.12. The molecule has 1 saturated heterocycles. The van der Waals surface area contributed by atoms with Crippen LogP contribution in [0.2, 0.25) is 0 Å². The standard InChI is InChI=1S/C12H16N2O4S/c1-17-5-4-13-11(15)10-8-18-12(16)14(10)7-9-3-2-6-19-9/h2-3,6,10H,4-5,7-8H2,1H3,(H,13,15)/t10-/m0/s1. The number of carbonyl (C=O) groups excluding carboxylic acids is 2. The molecule has 104 valence electrons. The highest BCUT2D eigenvalue weighted by molar-refractivity contribution is 7.09. The van der Waals surface area contributed by atoms with Crippen LogP contribution < -0.4 is 5.32 Å². The van der Waals surface area contributed by atoms with Gasteiger partial charge in [-0.25, -0.2) is 4.79 Å². The number of hydrogen-bond donors (Lipinski definition) is 1. The molecule has 1 fully saturated rings. The van der Waals surface area contributed by atoms with Gasteiger partial charge in [0, 0.05) is 18.5 Å². The molecule has 6 nitrogen and oxygen atoms in total. The van der Waals surface area contributed by atoms with Crippen LogP contribution in [0.25, 0.3) is 0 Å². The number of ether oxygens (including phenoxy) is 2. The number of amides is 2. The zero-order valence-electron chi connectivity index (χ0n) is 10.6. The Bertz CT molecular complexity index is 435. The van der Waals surface area contributed by atoms with Crippen LogP contribution in [0.1, 0.15) is 4.88 Å². The molecule has 2 heterocycles. The lowest BCUT2D eigenvalue weighted by Crippen LogP contribution is -2.46. The molecule has 1 aromatic rings. The Balaban J connectivity index is 1.94. The van der Waals surface area contributed by atoms with Gasteiger partial charge in [0.1, 0.15) is 12.6 Å². The van der Waals surface area contributed by atoms with Crippen molar-refractivity contribution >= 4 is 23.3 Å². The molecule has 1 aliphatic heterocycles. The number of nitrogens with one attached hydrogen (secondary N) is 1. The maximum atomic E-state index is 12.0. The zero-order chi connectivity index (χ0) is 13.7. The van der Waals surface area contributed by atoms with Crippen LogP contribution in [-0.4, -0.2) is 49.8 Å². The van der Waals surface area contributed by atoms with Crippen molar-refractivity contribution in [3.05, 3.63) is 22.4 Å². The minimum Gasteiger partial charge on any atom is -0.447 e. The Hall–Kier alpha value is -1.60. The summed E-state index contributed by atoms with van der Waals surface area (Å²) in [6.45, 7) is 1.37. The van der Waals surface area contributed by atoms with Gasteiger partial charge in [-0.3, -0.25) is 9.69 Å². The van der Waals surface area contributed by atoms with Crippen LogP contribution in [0.3, 0.4) is 0 Å². The predicted molar refractivity (Wildman–Crippen MR) is 69.9 cm³/mol. The Morgan fingerprint density at radius 1 is 1.68 bits per heavy atom. The molecule has 1 aromatic heterocycles. The highest BCUT2D eigenvalue weighted by atomic mass is 32.1. The van der Waals surface area contributed by atoms with Crippen molar-refractivity contribution in [1.29, 1.82) is 0 Å². The molecule has 19 heavy (non-hydrogen) atoms. The van der Waals surface area contributed by atoms with Crippen LogP contribution in [-0.2, 0) is 20.8 Å². The fourth-order valence-electron chi connectivity index (χ4n) is 1.81. The van der Waals surface area contributed by atoms with Gasteiger partial charge in [-0.15, -0.1) is 11.3 Å². The second-order valence-electron chi connectivity index (χ2n) is 4.08. The van der Waals surface area contributed by atoms with E-state index in [9.17, 15) is 9.59 Å². The highest BCUT2D eigenvalue weighted by Crippen LogP contribution is 2.19. The molecule has 0 aliphatic carbocycles. The number of rotatable bonds is 6. The minimum absolute atomic E-state index is 0.100. The molecule has 2 rings (SSSR count).